The van der Waals surface area contributed by atoms with Crippen LogP contribution < -0.4 is 15.7 Å². The predicted octanol–water partition coefficient (Wildman–Crippen LogP) is 7.93. The summed E-state index contributed by atoms with van der Waals surface area (Å²) in [6.45, 7) is 0.0165. The van der Waals surface area contributed by atoms with Crippen LogP contribution in [0.15, 0.2) is 134 Å². The minimum absolute atomic E-state index is 0.0165. The molecule has 5 aromatic carbocycles. The topological polar surface area (TPSA) is 29.0 Å². The summed E-state index contributed by atoms with van der Waals surface area (Å²) in [5, 5.41) is 1.05. The molecule has 0 N–H and O–H groups in total. The van der Waals surface area contributed by atoms with Crippen LogP contribution >= 0.6 is 11.3 Å². The first-order valence-electron chi connectivity index (χ1n) is 13.9. The molecule has 2 aliphatic rings. The largest absolute Gasteiger partial charge is 0.376 e. The van der Waals surface area contributed by atoms with Crippen molar-refractivity contribution in [2.45, 2.75) is 0 Å². The highest BCUT2D eigenvalue weighted by Crippen LogP contribution is 2.46. The molecule has 0 saturated heterocycles. The van der Waals surface area contributed by atoms with E-state index < -0.39 is 0 Å². The molecule has 0 bridgehead atoms. The second-order valence-corrected chi connectivity index (χ2v) is 11.6. The van der Waals surface area contributed by atoms with E-state index in [-0.39, 0.29) is 6.85 Å². The maximum absolute atomic E-state index is 5.01. The Morgan fingerprint density at radius 3 is 1.90 bits per heavy atom. The van der Waals surface area contributed by atoms with Gasteiger partial charge in [0.05, 0.1) is 15.9 Å². The van der Waals surface area contributed by atoms with Gasteiger partial charge in [-0.3, -0.25) is 4.98 Å². The first-order valence-corrected chi connectivity index (χ1v) is 14.7. The summed E-state index contributed by atoms with van der Waals surface area (Å²) in [7, 11) is 0. The van der Waals surface area contributed by atoms with E-state index >= 15 is 0 Å². The molecule has 2 aliphatic heterocycles. The van der Waals surface area contributed by atoms with Crippen molar-refractivity contribution in [2.75, 3.05) is 4.81 Å². The molecule has 3 nitrogen and oxygen atoms in total. The lowest BCUT2D eigenvalue weighted by molar-refractivity contribution is 1.32. The van der Waals surface area contributed by atoms with Crippen LogP contribution in [0.25, 0.3) is 54.3 Å². The monoisotopic (exact) mass is 539 g/mol. The predicted molar refractivity (Wildman–Crippen MR) is 173 cm³/mol. The van der Waals surface area contributed by atoms with Gasteiger partial charge in [0, 0.05) is 34.3 Å². The van der Waals surface area contributed by atoms with Crippen LogP contribution in [0.1, 0.15) is 0 Å². The first kappa shape index (κ1) is 22.8. The standard InChI is InChI=1S/C36H22BN3S/c1-4-13-33-27(9-1)25-18-16-23(31-11-7-8-20-38-31)21-29(25)37-30-22-24(36-39-32-12-3-6-15-35(32)41-36)17-19-26(30)28-10-2-5-14-34(28)40(33)37/h1-22H. The van der Waals surface area contributed by atoms with E-state index in [1.165, 1.54) is 49.3 Å². The molecule has 9 rings (SSSR count). The minimum atomic E-state index is 0.0165. The Kier molecular flexibility index (Phi) is 4.86. The van der Waals surface area contributed by atoms with E-state index in [4.69, 9.17) is 4.98 Å². The molecule has 7 aromatic rings. The lowest BCUT2D eigenvalue weighted by atomic mass is 9.43. The van der Waals surface area contributed by atoms with Gasteiger partial charge in [-0.05, 0) is 64.0 Å². The maximum Gasteiger partial charge on any atom is 0.329 e. The van der Waals surface area contributed by atoms with Crippen LogP contribution in [0.3, 0.4) is 0 Å². The highest BCUT2D eigenvalue weighted by atomic mass is 32.1. The Hall–Kier alpha value is -5.00. The van der Waals surface area contributed by atoms with Gasteiger partial charge in [0.25, 0.3) is 0 Å². The number of hydrogen-bond donors (Lipinski definition) is 0. The van der Waals surface area contributed by atoms with Crippen molar-refractivity contribution in [2.24, 2.45) is 0 Å². The zero-order chi connectivity index (χ0) is 26.9. The number of pyridine rings is 1. The summed E-state index contributed by atoms with van der Waals surface area (Å²) in [6, 6.07) is 45.9. The number of benzene rings is 5. The normalized spacial score (nSPS) is 12.8. The number of thiazole rings is 1. The highest BCUT2D eigenvalue weighted by molar-refractivity contribution is 7.21. The molecular formula is C36H22BN3S. The molecule has 0 unspecified atom stereocenters. The molecule has 0 amide bonds. The quantitative estimate of drug-likeness (QED) is 0.209. The number of anilines is 2. The molecule has 0 fully saturated rings. The fourth-order valence-corrected chi connectivity index (χ4v) is 7.53. The molecule has 5 heteroatoms. The van der Waals surface area contributed by atoms with Gasteiger partial charge < -0.3 is 4.81 Å². The number of para-hydroxylation sites is 3. The van der Waals surface area contributed by atoms with Gasteiger partial charge in [0.2, 0.25) is 0 Å². The second kappa shape index (κ2) is 8.75. The molecular weight excluding hydrogens is 517 g/mol. The first-order chi connectivity index (χ1) is 20.3. The molecule has 2 aromatic heterocycles. The van der Waals surface area contributed by atoms with Crippen LogP contribution in [-0.2, 0) is 0 Å². The van der Waals surface area contributed by atoms with Gasteiger partial charge in [-0.15, -0.1) is 11.3 Å². The highest BCUT2D eigenvalue weighted by Gasteiger charge is 2.42. The van der Waals surface area contributed by atoms with Gasteiger partial charge in [-0.25, -0.2) is 4.98 Å². The van der Waals surface area contributed by atoms with Gasteiger partial charge in [0.15, 0.2) is 0 Å². The number of rotatable bonds is 2. The number of nitrogens with zero attached hydrogens (tertiary/aromatic N) is 3. The van der Waals surface area contributed by atoms with Crippen LogP contribution in [-0.4, -0.2) is 16.8 Å². The lowest BCUT2D eigenvalue weighted by Crippen LogP contribution is -2.59. The fourth-order valence-electron chi connectivity index (χ4n) is 6.57. The van der Waals surface area contributed by atoms with E-state index in [2.05, 4.69) is 131 Å². The Morgan fingerprint density at radius 1 is 0.561 bits per heavy atom. The van der Waals surface area contributed by atoms with Gasteiger partial charge in [-0.2, -0.15) is 0 Å². The Bertz CT molecular complexity index is 2100. The third kappa shape index (κ3) is 3.39. The van der Waals surface area contributed by atoms with E-state index in [0.29, 0.717) is 0 Å². The van der Waals surface area contributed by atoms with Crippen LogP contribution in [0.4, 0.5) is 11.4 Å². The third-order valence-corrected chi connectivity index (χ3v) is 9.44. The zero-order valence-corrected chi connectivity index (χ0v) is 22.8. The molecule has 0 saturated carbocycles. The summed E-state index contributed by atoms with van der Waals surface area (Å²) in [4.78, 5) is 12.2. The average molecular weight is 539 g/mol. The zero-order valence-electron chi connectivity index (χ0n) is 22.0. The van der Waals surface area contributed by atoms with E-state index in [0.717, 1.165) is 27.3 Å². The van der Waals surface area contributed by atoms with Crippen molar-refractivity contribution in [1.82, 2.24) is 9.97 Å². The molecule has 0 radical (unpaired) electrons. The number of fused-ring (bicyclic) bond motifs is 12. The molecule has 0 atom stereocenters. The summed E-state index contributed by atoms with van der Waals surface area (Å²) in [6.07, 6.45) is 1.87. The van der Waals surface area contributed by atoms with E-state index in [9.17, 15) is 0 Å². The van der Waals surface area contributed by atoms with Crippen molar-refractivity contribution in [1.29, 1.82) is 0 Å². The van der Waals surface area contributed by atoms with Gasteiger partial charge >= 0.3 is 6.85 Å². The maximum atomic E-state index is 5.01. The van der Waals surface area contributed by atoms with Crippen LogP contribution in [0.5, 0.6) is 0 Å². The van der Waals surface area contributed by atoms with E-state index in [1.54, 1.807) is 11.3 Å². The van der Waals surface area contributed by atoms with Crippen molar-refractivity contribution >= 4 is 50.7 Å². The summed E-state index contributed by atoms with van der Waals surface area (Å²) in [5.41, 5.74) is 14.5. The van der Waals surface area contributed by atoms with Gasteiger partial charge in [0.1, 0.15) is 5.01 Å². The van der Waals surface area contributed by atoms with Gasteiger partial charge in [-0.1, -0.05) is 91.0 Å². The molecule has 0 spiro atoms. The SMILES string of the molecule is c1ccc(-c2ccc3c(c2)B2c4cc(-c5nc6ccccc6s5)ccc4-c4ccccc4N2c2ccccc2-3)nc1. The molecule has 0 aliphatic carbocycles. The molecule has 41 heavy (non-hydrogen) atoms. The van der Waals surface area contributed by atoms with Crippen molar-refractivity contribution in [3.8, 4) is 44.1 Å². The summed E-state index contributed by atoms with van der Waals surface area (Å²) >= 11 is 1.76. The lowest BCUT2D eigenvalue weighted by Gasteiger charge is -2.43. The Balaban J connectivity index is 1.33. The van der Waals surface area contributed by atoms with Crippen molar-refractivity contribution < 1.29 is 0 Å². The minimum Gasteiger partial charge on any atom is -0.376 e. The Morgan fingerprint density at radius 2 is 1.20 bits per heavy atom. The number of aromatic nitrogens is 2. The molecule has 190 valence electrons. The van der Waals surface area contributed by atoms with Crippen LogP contribution in [0, 0.1) is 0 Å². The average Bonchev–Trinajstić information content (AvgIpc) is 3.49. The summed E-state index contributed by atoms with van der Waals surface area (Å²) in [5.74, 6) is 0. The summed E-state index contributed by atoms with van der Waals surface area (Å²) < 4.78 is 1.21. The molecule has 4 heterocycles. The fraction of sp³-hybridized carbons (Fsp3) is 0. The second-order valence-electron chi connectivity index (χ2n) is 10.6. The van der Waals surface area contributed by atoms with Crippen molar-refractivity contribution in [3.05, 3.63) is 134 Å². The number of hydrogen-bond acceptors (Lipinski definition) is 4. The smallest absolute Gasteiger partial charge is 0.329 e. The van der Waals surface area contributed by atoms with Crippen LogP contribution in [0.2, 0.25) is 0 Å². The van der Waals surface area contributed by atoms with Crippen molar-refractivity contribution in [3.63, 3.8) is 0 Å². The Labute approximate surface area is 242 Å². The third-order valence-electron chi connectivity index (χ3n) is 8.36. The van der Waals surface area contributed by atoms with E-state index in [1.807, 2.05) is 12.3 Å².